The fourth-order valence-electron chi connectivity index (χ4n) is 0.696. The molecule has 0 aliphatic heterocycles. The summed E-state index contributed by atoms with van der Waals surface area (Å²) in [5.74, 6) is 0. The van der Waals surface area contributed by atoms with Crippen molar-refractivity contribution in [2.75, 3.05) is 13.3 Å². The molecule has 0 atom stereocenters. The predicted molar refractivity (Wildman–Crippen MR) is 82.8 cm³/mol. The molecule has 10 heteroatoms. The van der Waals surface area contributed by atoms with Crippen LogP contribution in [0.5, 0.6) is 0 Å². The van der Waals surface area contributed by atoms with Gasteiger partial charge in [0.25, 0.3) is 3.12 Å². The molecule has 0 saturated carbocycles. The maximum absolute atomic E-state index is 11.5. The number of nitriles is 1. The van der Waals surface area contributed by atoms with Crippen LogP contribution in [0.1, 0.15) is 13.8 Å². The summed E-state index contributed by atoms with van der Waals surface area (Å²) in [5, 5.41) is 12.5. The van der Waals surface area contributed by atoms with Crippen LogP contribution in [0, 0.1) is 11.3 Å². The highest BCUT2D eigenvalue weighted by Crippen LogP contribution is 2.40. The molecule has 0 aromatic rings. The molecule has 108 valence electrons. The molecule has 0 unspecified atom stereocenters. The third-order valence-electron chi connectivity index (χ3n) is 1.90. The number of carbonyl (C=O) groups is 1. The Labute approximate surface area is 135 Å². The first-order valence-electron chi connectivity index (χ1n) is 4.77. The second-order valence-electron chi connectivity index (χ2n) is 3.66. The molecule has 1 amide bonds. The lowest BCUT2D eigenvalue weighted by molar-refractivity contribution is 0.136. The van der Waals surface area contributed by atoms with Crippen molar-refractivity contribution in [3.05, 3.63) is 0 Å². The molecule has 5 nitrogen and oxygen atoms in total. The highest BCUT2D eigenvalue weighted by Gasteiger charge is 2.28. The molecule has 0 N–H and O–H groups in total. The molecule has 0 fully saturated rings. The van der Waals surface area contributed by atoms with Gasteiger partial charge in [0, 0.05) is 19.0 Å². The molecular formula is C9H12Cl3N3O2S2. The summed E-state index contributed by atoms with van der Waals surface area (Å²) < 4.78 is -1.28. The van der Waals surface area contributed by atoms with Gasteiger partial charge >= 0.3 is 6.09 Å². The maximum atomic E-state index is 11.5. The van der Waals surface area contributed by atoms with Gasteiger partial charge in [-0.2, -0.15) is 17.0 Å². The fraction of sp³-hybridized carbons (Fsp3) is 0.667. The average Bonchev–Trinajstić information content (AvgIpc) is 2.26. The minimum atomic E-state index is -1.69. The molecule has 0 aromatic heterocycles. The second kappa shape index (κ2) is 7.70. The molecule has 0 radical (unpaired) electrons. The molecule has 0 bridgehead atoms. The van der Waals surface area contributed by atoms with Crippen LogP contribution < -0.4 is 0 Å². The van der Waals surface area contributed by atoms with E-state index in [1.165, 1.54) is 18.8 Å². The minimum Gasteiger partial charge on any atom is -0.296 e. The number of alkyl halides is 3. The maximum Gasteiger partial charge on any atom is 0.445 e. The van der Waals surface area contributed by atoms with E-state index in [0.717, 1.165) is 4.31 Å². The first-order chi connectivity index (χ1) is 8.53. The van der Waals surface area contributed by atoms with Crippen LogP contribution in [-0.4, -0.2) is 37.3 Å². The SMILES string of the molecule is CSC(C)(C)C(C#N)=NOC(=O)N(C)SC(Cl)(Cl)Cl. The zero-order chi connectivity index (χ0) is 15.3. The van der Waals surface area contributed by atoms with Gasteiger partial charge in [0.2, 0.25) is 0 Å². The van der Waals surface area contributed by atoms with Gasteiger partial charge in [-0.15, -0.1) is 0 Å². The van der Waals surface area contributed by atoms with Crippen LogP contribution in [0.25, 0.3) is 0 Å². The van der Waals surface area contributed by atoms with Crippen molar-refractivity contribution in [2.24, 2.45) is 5.16 Å². The number of thioether (sulfide) groups is 1. The Morgan fingerprint density at radius 2 is 1.95 bits per heavy atom. The summed E-state index contributed by atoms with van der Waals surface area (Å²) in [5.41, 5.74) is 0.0839. The molecule has 0 spiro atoms. The Kier molecular flexibility index (Phi) is 7.70. The first kappa shape index (κ1) is 19.0. The number of oxime groups is 1. The lowest BCUT2D eigenvalue weighted by Gasteiger charge is -2.20. The molecule has 0 aliphatic rings. The van der Waals surface area contributed by atoms with Gasteiger partial charge in [-0.1, -0.05) is 40.0 Å². The Morgan fingerprint density at radius 1 is 1.42 bits per heavy atom. The van der Waals surface area contributed by atoms with E-state index in [9.17, 15) is 4.79 Å². The van der Waals surface area contributed by atoms with Crippen molar-refractivity contribution >= 4 is 70.3 Å². The number of halogens is 3. The Balaban J connectivity index is 4.70. The molecule has 0 aliphatic carbocycles. The quantitative estimate of drug-likeness (QED) is 0.247. The molecule has 0 aromatic carbocycles. The van der Waals surface area contributed by atoms with E-state index in [-0.39, 0.29) is 5.71 Å². The monoisotopic (exact) mass is 363 g/mol. The molecular weight excluding hydrogens is 353 g/mol. The number of hydrogen-bond acceptors (Lipinski definition) is 6. The lowest BCUT2D eigenvalue weighted by atomic mass is 10.1. The van der Waals surface area contributed by atoms with Gasteiger partial charge < -0.3 is 0 Å². The summed E-state index contributed by atoms with van der Waals surface area (Å²) >= 11 is 18.6. The van der Waals surface area contributed by atoms with Gasteiger partial charge in [-0.05, 0) is 20.1 Å². The Bertz CT molecular complexity index is 404. The van der Waals surface area contributed by atoms with E-state index in [4.69, 9.17) is 40.1 Å². The lowest BCUT2D eigenvalue weighted by Crippen LogP contribution is -2.28. The van der Waals surface area contributed by atoms with E-state index in [1.54, 1.807) is 13.8 Å². The topological polar surface area (TPSA) is 65.7 Å². The van der Waals surface area contributed by atoms with Gasteiger partial charge in [0.05, 0.1) is 4.75 Å². The first-order valence-corrected chi connectivity index (χ1v) is 7.91. The smallest absolute Gasteiger partial charge is 0.296 e. The van der Waals surface area contributed by atoms with E-state index in [0.29, 0.717) is 11.9 Å². The standard InChI is InChI=1S/C9H12Cl3N3O2S2/c1-8(2,18-4)6(5-13)14-17-7(16)15(3)19-9(10,11)12/h1-4H3. The predicted octanol–water partition coefficient (Wildman–Crippen LogP) is 4.05. The summed E-state index contributed by atoms with van der Waals surface area (Å²) in [6.45, 7) is 3.57. The van der Waals surface area contributed by atoms with Gasteiger partial charge in [0.15, 0.2) is 5.71 Å². The van der Waals surface area contributed by atoms with Crippen LogP contribution in [0.3, 0.4) is 0 Å². The summed E-state index contributed by atoms with van der Waals surface area (Å²) in [6, 6.07) is 1.88. The second-order valence-corrected chi connectivity index (χ2v) is 9.38. The van der Waals surface area contributed by atoms with Gasteiger partial charge in [0.1, 0.15) is 6.07 Å². The van der Waals surface area contributed by atoms with Crippen LogP contribution in [-0.2, 0) is 4.84 Å². The zero-order valence-corrected chi connectivity index (χ0v) is 14.5. The number of nitrogens with zero attached hydrogens (tertiary/aromatic N) is 3. The normalized spacial score (nSPS) is 12.8. The number of rotatable bonds is 4. The van der Waals surface area contributed by atoms with Crippen molar-refractivity contribution in [1.82, 2.24) is 4.31 Å². The third-order valence-corrected chi connectivity index (χ3v) is 4.36. The third kappa shape index (κ3) is 7.37. The highest BCUT2D eigenvalue weighted by molar-refractivity contribution is 8.03. The van der Waals surface area contributed by atoms with E-state index in [2.05, 4.69) is 9.99 Å². The average molecular weight is 365 g/mol. The number of hydrogen-bond donors (Lipinski definition) is 0. The molecule has 0 saturated heterocycles. The summed E-state index contributed by atoms with van der Waals surface area (Å²) in [7, 11) is 1.36. The van der Waals surface area contributed by atoms with Gasteiger partial charge in [-0.3, -0.25) is 4.84 Å². The summed E-state index contributed by atoms with van der Waals surface area (Å²) in [4.78, 5) is 16.2. The minimum absolute atomic E-state index is 0.0839. The number of amides is 1. The number of carbonyl (C=O) groups excluding carboxylic acids is 1. The molecule has 19 heavy (non-hydrogen) atoms. The largest absolute Gasteiger partial charge is 0.445 e. The van der Waals surface area contributed by atoms with E-state index < -0.39 is 14.0 Å². The van der Waals surface area contributed by atoms with Crippen LogP contribution in [0.15, 0.2) is 5.16 Å². The van der Waals surface area contributed by atoms with E-state index in [1.807, 2.05) is 12.3 Å². The Morgan fingerprint density at radius 3 is 2.32 bits per heavy atom. The van der Waals surface area contributed by atoms with Crippen LogP contribution in [0.2, 0.25) is 0 Å². The van der Waals surface area contributed by atoms with Crippen molar-refractivity contribution in [3.63, 3.8) is 0 Å². The molecule has 0 heterocycles. The van der Waals surface area contributed by atoms with Crippen molar-refractivity contribution in [3.8, 4) is 6.07 Å². The molecule has 0 rings (SSSR count). The van der Waals surface area contributed by atoms with Crippen molar-refractivity contribution < 1.29 is 9.63 Å². The van der Waals surface area contributed by atoms with Crippen molar-refractivity contribution in [1.29, 1.82) is 5.26 Å². The Hall–Kier alpha value is -0.000000000000000111. The van der Waals surface area contributed by atoms with Crippen LogP contribution >= 0.6 is 58.5 Å². The van der Waals surface area contributed by atoms with E-state index >= 15 is 0 Å². The van der Waals surface area contributed by atoms with Crippen LogP contribution in [0.4, 0.5) is 4.79 Å². The zero-order valence-electron chi connectivity index (χ0n) is 10.6. The summed E-state index contributed by atoms with van der Waals surface area (Å²) in [6.07, 6.45) is 0.973. The highest BCUT2D eigenvalue weighted by atomic mass is 35.6. The fourth-order valence-corrected chi connectivity index (χ4v) is 2.32. The van der Waals surface area contributed by atoms with Gasteiger partial charge in [-0.25, -0.2) is 9.10 Å². The van der Waals surface area contributed by atoms with Crippen molar-refractivity contribution in [2.45, 2.75) is 21.7 Å².